The Kier molecular flexibility index (Phi) is 4.47. The van der Waals surface area contributed by atoms with Crippen LogP contribution in [0.3, 0.4) is 0 Å². The SMILES string of the molecule is O=[N+]([O-])c1cc(Cl)ccc1C#CCCS. The lowest BCUT2D eigenvalue weighted by Crippen LogP contribution is -1.91. The van der Waals surface area contributed by atoms with Gasteiger partial charge in [0.2, 0.25) is 0 Å². The van der Waals surface area contributed by atoms with Gasteiger partial charge in [-0.15, -0.1) is 0 Å². The molecular formula is C10H8ClNO2S. The summed E-state index contributed by atoms with van der Waals surface area (Å²) in [5.74, 6) is 6.15. The fraction of sp³-hybridized carbons (Fsp3) is 0.200. The number of benzene rings is 1. The van der Waals surface area contributed by atoms with Gasteiger partial charge in [0.15, 0.2) is 0 Å². The summed E-state index contributed by atoms with van der Waals surface area (Å²) >= 11 is 9.65. The highest BCUT2D eigenvalue weighted by molar-refractivity contribution is 7.80. The lowest BCUT2D eigenvalue weighted by Gasteiger charge is -1.95. The third-order valence-corrected chi connectivity index (χ3v) is 2.08. The molecule has 1 aromatic carbocycles. The molecular weight excluding hydrogens is 234 g/mol. The highest BCUT2D eigenvalue weighted by atomic mass is 35.5. The Morgan fingerprint density at radius 2 is 2.27 bits per heavy atom. The van der Waals surface area contributed by atoms with Crippen LogP contribution in [-0.4, -0.2) is 10.7 Å². The van der Waals surface area contributed by atoms with Crippen molar-refractivity contribution in [3.05, 3.63) is 38.9 Å². The molecule has 0 heterocycles. The first kappa shape index (κ1) is 11.9. The van der Waals surface area contributed by atoms with E-state index in [1.54, 1.807) is 12.1 Å². The van der Waals surface area contributed by atoms with E-state index in [0.29, 0.717) is 22.8 Å². The van der Waals surface area contributed by atoms with E-state index in [4.69, 9.17) is 11.6 Å². The van der Waals surface area contributed by atoms with Gasteiger partial charge in [-0.25, -0.2) is 0 Å². The molecule has 0 saturated heterocycles. The minimum Gasteiger partial charge on any atom is -0.258 e. The maximum Gasteiger partial charge on any atom is 0.286 e. The molecule has 0 aliphatic heterocycles. The lowest BCUT2D eigenvalue weighted by atomic mass is 10.2. The minimum atomic E-state index is -0.489. The zero-order valence-electron chi connectivity index (χ0n) is 7.74. The molecule has 5 heteroatoms. The van der Waals surface area contributed by atoms with Gasteiger partial charge in [0.1, 0.15) is 5.56 Å². The number of nitrogens with zero attached hydrogens (tertiary/aromatic N) is 1. The maximum absolute atomic E-state index is 10.7. The van der Waals surface area contributed by atoms with Crippen molar-refractivity contribution in [1.82, 2.24) is 0 Å². The standard InChI is InChI=1S/C10H8ClNO2S/c11-9-5-4-8(3-1-2-6-15)10(7-9)12(13)14/h4-5,7,15H,2,6H2. The Hall–Kier alpha value is -1.18. The quantitative estimate of drug-likeness (QED) is 0.374. The van der Waals surface area contributed by atoms with Crippen molar-refractivity contribution in [2.45, 2.75) is 6.42 Å². The smallest absolute Gasteiger partial charge is 0.258 e. The van der Waals surface area contributed by atoms with Crippen LogP contribution >= 0.6 is 24.2 Å². The number of thiol groups is 1. The molecule has 1 rings (SSSR count). The van der Waals surface area contributed by atoms with Crippen LogP contribution in [0.5, 0.6) is 0 Å². The van der Waals surface area contributed by atoms with Crippen LogP contribution in [0, 0.1) is 22.0 Å². The molecule has 1 aromatic rings. The number of nitro groups is 1. The largest absolute Gasteiger partial charge is 0.286 e. The van der Waals surface area contributed by atoms with Crippen LogP contribution in [0.25, 0.3) is 0 Å². The van der Waals surface area contributed by atoms with Crippen molar-refractivity contribution in [1.29, 1.82) is 0 Å². The first-order valence-electron chi connectivity index (χ1n) is 4.19. The first-order chi connectivity index (χ1) is 7.15. The van der Waals surface area contributed by atoms with Crippen molar-refractivity contribution in [2.75, 3.05) is 5.75 Å². The zero-order chi connectivity index (χ0) is 11.3. The molecule has 0 fully saturated rings. The van der Waals surface area contributed by atoms with Gasteiger partial charge >= 0.3 is 0 Å². The molecule has 78 valence electrons. The lowest BCUT2D eigenvalue weighted by molar-refractivity contribution is -0.385. The molecule has 0 saturated carbocycles. The second-order valence-electron chi connectivity index (χ2n) is 2.69. The summed E-state index contributed by atoms with van der Waals surface area (Å²) in [6.45, 7) is 0. The van der Waals surface area contributed by atoms with E-state index in [2.05, 4.69) is 24.5 Å². The molecule has 15 heavy (non-hydrogen) atoms. The van der Waals surface area contributed by atoms with E-state index in [1.807, 2.05) is 0 Å². The second kappa shape index (κ2) is 5.64. The Balaban J connectivity index is 3.08. The van der Waals surface area contributed by atoms with Gasteiger partial charge in [-0.05, 0) is 12.1 Å². The Bertz CT molecular complexity index is 437. The maximum atomic E-state index is 10.7. The van der Waals surface area contributed by atoms with Crippen molar-refractivity contribution in [3.63, 3.8) is 0 Å². The van der Waals surface area contributed by atoms with E-state index in [1.165, 1.54) is 6.07 Å². The van der Waals surface area contributed by atoms with Crippen molar-refractivity contribution in [2.24, 2.45) is 0 Å². The highest BCUT2D eigenvalue weighted by Crippen LogP contribution is 2.22. The van der Waals surface area contributed by atoms with Crippen LogP contribution in [-0.2, 0) is 0 Å². The molecule has 0 radical (unpaired) electrons. The van der Waals surface area contributed by atoms with Crippen molar-refractivity contribution in [3.8, 4) is 11.8 Å². The van der Waals surface area contributed by atoms with Gasteiger partial charge in [-0.1, -0.05) is 23.4 Å². The predicted octanol–water partition coefficient (Wildman–Crippen LogP) is 2.92. The summed E-state index contributed by atoms with van der Waals surface area (Å²) in [5, 5.41) is 11.0. The van der Waals surface area contributed by atoms with E-state index in [9.17, 15) is 10.1 Å². The average Bonchev–Trinajstić information content (AvgIpc) is 2.20. The average molecular weight is 242 g/mol. The highest BCUT2D eigenvalue weighted by Gasteiger charge is 2.11. The minimum absolute atomic E-state index is 0.0610. The van der Waals surface area contributed by atoms with Crippen LogP contribution in [0.15, 0.2) is 18.2 Å². The summed E-state index contributed by atoms with van der Waals surface area (Å²) in [6.07, 6.45) is 0.600. The van der Waals surface area contributed by atoms with E-state index in [0.717, 1.165) is 0 Å². The molecule has 0 aliphatic rings. The Morgan fingerprint density at radius 3 is 2.87 bits per heavy atom. The molecule has 0 atom stereocenters. The molecule has 0 bridgehead atoms. The molecule has 0 spiro atoms. The topological polar surface area (TPSA) is 43.1 Å². The number of nitro benzene ring substituents is 1. The van der Waals surface area contributed by atoms with Gasteiger partial charge in [-0.3, -0.25) is 10.1 Å². The fourth-order valence-electron chi connectivity index (χ4n) is 0.975. The number of rotatable bonds is 2. The van der Waals surface area contributed by atoms with E-state index < -0.39 is 4.92 Å². The summed E-state index contributed by atoms with van der Waals surface area (Å²) in [6, 6.07) is 4.43. The normalized spacial score (nSPS) is 9.20. The molecule has 0 amide bonds. The Morgan fingerprint density at radius 1 is 1.53 bits per heavy atom. The molecule has 0 unspecified atom stereocenters. The van der Waals surface area contributed by atoms with Gasteiger partial charge < -0.3 is 0 Å². The van der Waals surface area contributed by atoms with Crippen LogP contribution in [0.1, 0.15) is 12.0 Å². The van der Waals surface area contributed by atoms with Crippen LogP contribution < -0.4 is 0 Å². The third kappa shape index (κ3) is 3.46. The van der Waals surface area contributed by atoms with E-state index >= 15 is 0 Å². The van der Waals surface area contributed by atoms with Gasteiger partial charge in [0.25, 0.3) is 5.69 Å². The number of halogens is 1. The van der Waals surface area contributed by atoms with Crippen LogP contribution in [0.4, 0.5) is 5.69 Å². The van der Waals surface area contributed by atoms with Gasteiger partial charge in [0.05, 0.1) is 4.92 Å². The first-order valence-corrected chi connectivity index (χ1v) is 5.20. The monoisotopic (exact) mass is 241 g/mol. The van der Waals surface area contributed by atoms with Crippen LogP contribution in [0.2, 0.25) is 5.02 Å². The number of hydrogen-bond donors (Lipinski definition) is 1. The summed E-state index contributed by atoms with van der Waals surface area (Å²) in [4.78, 5) is 10.2. The fourth-order valence-corrected chi connectivity index (χ4v) is 1.25. The van der Waals surface area contributed by atoms with E-state index in [-0.39, 0.29) is 5.69 Å². The second-order valence-corrected chi connectivity index (χ2v) is 3.58. The van der Waals surface area contributed by atoms with Crippen molar-refractivity contribution >= 4 is 29.9 Å². The predicted molar refractivity (Wildman–Crippen MR) is 63.5 cm³/mol. The molecule has 3 nitrogen and oxygen atoms in total. The summed E-state index contributed by atoms with van der Waals surface area (Å²) < 4.78 is 0. The Labute approximate surface area is 98.0 Å². The van der Waals surface area contributed by atoms with Gasteiger partial charge in [0, 0.05) is 23.3 Å². The molecule has 0 N–H and O–H groups in total. The van der Waals surface area contributed by atoms with Gasteiger partial charge in [-0.2, -0.15) is 12.6 Å². The number of hydrogen-bond acceptors (Lipinski definition) is 3. The molecule has 0 aliphatic carbocycles. The summed E-state index contributed by atoms with van der Waals surface area (Å²) in [5.41, 5.74) is 0.320. The summed E-state index contributed by atoms with van der Waals surface area (Å²) in [7, 11) is 0. The third-order valence-electron chi connectivity index (χ3n) is 1.62. The van der Waals surface area contributed by atoms with Crippen molar-refractivity contribution < 1.29 is 4.92 Å². The molecule has 0 aromatic heterocycles. The zero-order valence-corrected chi connectivity index (χ0v) is 9.39.